The zero-order chi connectivity index (χ0) is 13.0. The standard InChI is InChI=1S/C13H14ClFN2S/c14-13-4-3-10(15)6-9(13)7-11(17-16)8-12-2-1-5-18-12/h1-6,11,17H,7-8,16H2. The summed E-state index contributed by atoms with van der Waals surface area (Å²) in [6.07, 6.45) is 1.41. The molecule has 3 N–H and O–H groups in total. The van der Waals surface area contributed by atoms with Crippen molar-refractivity contribution in [1.29, 1.82) is 0 Å². The van der Waals surface area contributed by atoms with Crippen molar-refractivity contribution in [2.75, 3.05) is 0 Å². The van der Waals surface area contributed by atoms with E-state index in [0.717, 1.165) is 12.0 Å². The summed E-state index contributed by atoms with van der Waals surface area (Å²) in [7, 11) is 0. The molecule has 0 saturated heterocycles. The van der Waals surface area contributed by atoms with Crippen molar-refractivity contribution in [2.45, 2.75) is 18.9 Å². The topological polar surface area (TPSA) is 38.0 Å². The van der Waals surface area contributed by atoms with Crippen molar-refractivity contribution in [1.82, 2.24) is 5.43 Å². The Bertz CT molecular complexity index is 502. The van der Waals surface area contributed by atoms with Gasteiger partial charge in [0.2, 0.25) is 0 Å². The van der Waals surface area contributed by atoms with E-state index in [-0.39, 0.29) is 11.9 Å². The van der Waals surface area contributed by atoms with E-state index >= 15 is 0 Å². The van der Waals surface area contributed by atoms with Gasteiger partial charge in [-0.1, -0.05) is 17.7 Å². The van der Waals surface area contributed by atoms with Crippen LogP contribution >= 0.6 is 22.9 Å². The fraction of sp³-hybridized carbons (Fsp3) is 0.231. The highest BCUT2D eigenvalue weighted by molar-refractivity contribution is 7.09. The molecule has 0 bridgehead atoms. The van der Waals surface area contributed by atoms with Crippen LogP contribution in [-0.2, 0) is 12.8 Å². The van der Waals surface area contributed by atoms with Crippen molar-refractivity contribution >= 4 is 22.9 Å². The molecular weight excluding hydrogens is 271 g/mol. The van der Waals surface area contributed by atoms with Crippen LogP contribution in [0, 0.1) is 5.82 Å². The fourth-order valence-electron chi connectivity index (χ4n) is 1.83. The Kier molecular flexibility index (Phi) is 4.72. The molecule has 2 rings (SSSR count). The van der Waals surface area contributed by atoms with E-state index in [2.05, 4.69) is 11.5 Å². The average Bonchev–Trinajstić information content (AvgIpc) is 2.85. The number of hydrogen-bond donors (Lipinski definition) is 2. The molecule has 0 aliphatic carbocycles. The number of nitrogens with one attached hydrogen (secondary N) is 1. The summed E-state index contributed by atoms with van der Waals surface area (Å²) in [5.41, 5.74) is 3.54. The highest BCUT2D eigenvalue weighted by Crippen LogP contribution is 2.20. The fourth-order valence-corrected chi connectivity index (χ4v) is 2.81. The summed E-state index contributed by atoms with van der Waals surface area (Å²) in [5.74, 6) is 5.27. The average molecular weight is 285 g/mol. The number of rotatable bonds is 5. The van der Waals surface area contributed by atoms with E-state index < -0.39 is 0 Å². The first-order chi connectivity index (χ1) is 8.69. The molecule has 0 saturated carbocycles. The minimum absolute atomic E-state index is 0.0444. The maximum absolute atomic E-state index is 13.2. The molecule has 18 heavy (non-hydrogen) atoms. The molecule has 1 atom stereocenters. The molecule has 2 aromatic rings. The zero-order valence-corrected chi connectivity index (χ0v) is 11.3. The smallest absolute Gasteiger partial charge is 0.123 e. The highest BCUT2D eigenvalue weighted by Gasteiger charge is 2.12. The third kappa shape index (κ3) is 3.53. The van der Waals surface area contributed by atoms with Crippen LogP contribution in [0.2, 0.25) is 5.02 Å². The van der Waals surface area contributed by atoms with Gasteiger partial charge in [-0.25, -0.2) is 4.39 Å². The lowest BCUT2D eigenvalue weighted by Crippen LogP contribution is -2.38. The summed E-state index contributed by atoms with van der Waals surface area (Å²) < 4.78 is 13.2. The van der Waals surface area contributed by atoms with Crippen molar-refractivity contribution in [3.63, 3.8) is 0 Å². The number of thiophene rings is 1. The Balaban J connectivity index is 2.07. The molecule has 1 aromatic heterocycles. The van der Waals surface area contributed by atoms with Crippen molar-refractivity contribution in [3.05, 3.63) is 57.0 Å². The predicted octanol–water partition coefficient (Wildman–Crippen LogP) is 3.16. The summed E-state index contributed by atoms with van der Waals surface area (Å²) in [4.78, 5) is 1.24. The molecule has 0 radical (unpaired) electrons. The Morgan fingerprint density at radius 2 is 2.17 bits per heavy atom. The monoisotopic (exact) mass is 284 g/mol. The van der Waals surface area contributed by atoms with Gasteiger partial charge in [-0.15, -0.1) is 11.3 Å². The van der Waals surface area contributed by atoms with Crippen LogP contribution in [0.15, 0.2) is 35.7 Å². The molecule has 5 heteroatoms. The Morgan fingerprint density at radius 1 is 1.33 bits per heavy atom. The zero-order valence-electron chi connectivity index (χ0n) is 9.70. The molecule has 0 aliphatic heterocycles. The summed E-state index contributed by atoms with van der Waals surface area (Å²) in [6, 6.07) is 8.50. The number of hydrazine groups is 1. The SMILES string of the molecule is NNC(Cc1cccs1)Cc1cc(F)ccc1Cl. The van der Waals surface area contributed by atoms with Crippen LogP contribution in [0.4, 0.5) is 4.39 Å². The molecule has 0 aliphatic rings. The third-order valence-corrected chi connectivity index (χ3v) is 4.00. The van der Waals surface area contributed by atoms with Crippen molar-refractivity contribution < 1.29 is 4.39 Å². The number of hydrogen-bond acceptors (Lipinski definition) is 3. The lowest BCUT2D eigenvalue weighted by molar-refractivity contribution is 0.523. The van der Waals surface area contributed by atoms with E-state index in [1.54, 1.807) is 17.4 Å². The second-order valence-electron chi connectivity index (χ2n) is 4.09. The molecule has 1 unspecified atom stereocenters. The van der Waals surface area contributed by atoms with Gasteiger partial charge in [0, 0.05) is 15.9 Å². The van der Waals surface area contributed by atoms with Gasteiger partial charge < -0.3 is 0 Å². The largest absolute Gasteiger partial charge is 0.271 e. The number of nitrogens with two attached hydrogens (primary N) is 1. The highest BCUT2D eigenvalue weighted by atomic mass is 35.5. The lowest BCUT2D eigenvalue weighted by atomic mass is 10.0. The molecule has 0 spiro atoms. The molecule has 2 nitrogen and oxygen atoms in total. The lowest BCUT2D eigenvalue weighted by Gasteiger charge is -2.16. The van der Waals surface area contributed by atoms with Crippen LogP contribution in [0.1, 0.15) is 10.4 Å². The van der Waals surface area contributed by atoms with Crippen molar-refractivity contribution in [3.8, 4) is 0 Å². The maximum Gasteiger partial charge on any atom is 0.123 e. The Morgan fingerprint density at radius 3 is 2.83 bits per heavy atom. The second-order valence-corrected chi connectivity index (χ2v) is 5.53. The second kappa shape index (κ2) is 6.29. The van der Waals surface area contributed by atoms with E-state index in [9.17, 15) is 4.39 Å². The van der Waals surface area contributed by atoms with Crippen LogP contribution in [0.5, 0.6) is 0 Å². The van der Waals surface area contributed by atoms with Gasteiger partial charge in [-0.2, -0.15) is 0 Å². The van der Waals surface area contributed by atoms with Crippen LogP contribution < -0.4 is 11.3 Å². The molecular formula is C13H14ClFN2S. The van der Waals surface area contributed by atoms with Gasteiger partial charge in [0.1, 0.15) is 5.82 Å². The van der Waals surface area contributed by atoms with Gasteiger partial charge >= 0.3 is 0 Å². The van der Waals surface area contributed by atoms with Gasteiger partial charge in [0.15, 0.2) is 0 Å². The Hall–Kier alpha value is -0.940. The summed E-state index contributed by atoms with van der Waals surface area (Å²) >= 11 is 7.73. The van der Waals surface area contributed by atoms with Gasteiger partial charge in [0.05, 0.1) is 0 Å². The normalized spacial score (nSPS) is 12.6. The summed E-state index contributed by atoms with van der Waals surface area (Å²) in [6.45, 7) is 0. The number of halogens is 2. The molecule has 0 fully saturated rings. The molecule has 1 aromatic carbocycles. The third-order valence-electron chi connectivity index (χ3n) is 2.74. The van der Waals surface area contributed by atoms with Crippen LogP contribution in [0.3, 0.4) is 0 Å². The van der Waals surface area contributed by atoms with E-state index in [1.165, 1.54) is 17.0 Å². The minimum Gasteiger partial charge on any atom is -0.271 e. The minimum atomic E-state index is -0.277. The van der Waals surface area contributed by atoms with Gasteiger partial charge in [0.25, 0.3) is 0 Å². The predicted molar refractivity (Wildman–Crippen MR) is 74.2 cm³/mol. The van der Waals surface area contributed by atoms with Crippen LogP contribution in [0.25, 0.3) is 0 Å². The molecule has 96 valence electrons. The van der Waals surface area contributed by atoms with Crippen LogP contribution in [-0.4, -0.2) is 6.04 Å². The van der Waals surface area contributed by atoms with E-state index in [0.29, 0.717) is 11.4 Å². The molecule has 0 amide bonds. The van der Waals surface area contributed by atoms with Gasteiger partial charge in [-0.3, -0.25) is 11.3 Å². The van der Waals surface area contributed by atoms with Gasteiger partial charge in [-0.05, 0) is 48.1 Å². The maximum atomic E-state index is 13.2. The van der Waals surface area contributed by atoms with E-state index in [4.69, 9.17) is 17.4 Å². The Labute approximate surface area is 115 Å². The van der Waals surface area contributed by atoms with Crippen molar-refractivity contribution in [2.24, 2.45) is 5.84 Å². The first kappa shape index (κ1) is 13.5. The first-order valence-corrected chi connectivity index (χ1v) is 6.87. The first-order valence-electron chi connectivity index (χ1n) is 5.61. The van der Waals surface area contributed by atoms with E-state index in [1.807, 2.05) is 11.4 Å². The quantitative estimate of drug-likeness (QED) is 0.654. The number of benzene rings is 1. The molecule has 1 heterocycles. The summed E-state index contributed by atoms with van der Waals surface area (Å²) in [5, 5.41) is 2.60.